The van der Waals surface area contributed by atoms with E-state index >= 15 is 0 Å². The summed E-state index contributed by atoms with van der Waals surface area (Å²) in [5.74, 6) is -2.76. The van der Waals surface area contributed by atoms with Crippen LogP contribution in [0.5, 0.6) is 0 Å². The van der Waals surface area contributed by atoms with Crippen molar-refractivity contribution >= 4 is 13.6 Å². The molecule has 294 valence electrons. The van der Waals surface area contributed by atoms with Gasteiger partial charge in [0.1, 0.15) is 24.4 Å². The number of halogens is 3. The highest BCUT2D eigenvalue weighted by molar-refractivity contribution is 7.53. The molecule has 5 N–H and O–H groups in total. The zero-order valence-electron chi connectivity index (χ0n) is 29.9. The number of carboxylic acids is 1. The Morgan fingerprint density at radius 2 is 1.18 bits per heavy atom. The monoisotopic (exact) mass is 739 g/mol. The fourth-order valence-corrected chi connectivity index (χ4v) is 7.05. The molecular weight excluding hydrogens is 674 g/mol. The number of aliphatic carboxylic acids is 1. The normalized spacial score (nSPS) is 21.5. The van der Waals surface area contributed by atoms with Gasteiger partial charge in [-0.15, -0.1) is 0 Å². The van der Waals surface area contributed by atoms with Gasteiger partial charge >= 0.3 is 19.7 Å². The summed E-state index contributed by atoms with van der Waals surface area (Å²) in [6, 6.07) is 0. The van der Waals surface area contributed by atoms with Crippen molar-refractivity contribution in [2.24, 2.45) is 0 Å². The van der Waals surface area contributed by atoms with E-state index in [2.05, 4.69) is 11.8 Å². The molecule has 0 aromatic heterocycles. The van der Waals surface area contributed by atoms with Gasteiger partial charge in [0.15, 0.2) is 6.29 Å². The van der Waals surface area contributed by atoms with E-state index in [-0.39, 0.29) is 0 Å². The van der Waals surface area contributed by atoms with Gasteiger partial charge in [0, 0.05) is 6.61 Å². The molecule has 0 saturated carbocycles. The number of carbonyl (C=O) groups is 1. The smallest absolute Gasteiger partial charge is 0.475 e. The van der Waals surface area contributed by atoms with Crippen molar-refractivity contribution in [2.45, 2.75) is 154 Å². The molecular formula is C33H65F3NO11P. The summed E-state index contributed by atoms with van der Waals surface area (Å²) in [5, 5.41) is 46.5. The highest BCUT2D eigenvalue weighted by Gasteiger charge is 2.44. The summed E-state index contributed by atoms with van der Waals surface area (Å²) in [7, 11) is -3.05. The van der Waals surface area contributed by atoms with Gasteiger partial charge in [0.25, 0.3) is 0 Å². The molecule has 0 aromatic rings. The number of ether oxygens (including phenoxy) is 2. The molecule has 0 aromatic carbocycles. The van der Waals surface area contributed by atoms with Crippen LogP contribution in [-0.2, 0) is 27.9 Å². The third-order valence-electron chi connectivity index (χ3n) is 8.13. The zero-order valence-corrected chi connectivity index (χ0v) is 30.8. The van der Waals surface area contributed by atoms with Crippen molar-refractivity contribution in [1.29, 1.82) is 0 Å². The number of hydrogen-bond acceptors (Lipinski definition) is 11. The molecule has 12 nitrogen and oxygen atoms in total. The van der Waals surface area contributed by atoms with Crippen LogP contribution in [0.2, 0.25) is 0 Å². The minimum atomic E-state index is -5.08. The molecule has 5 atom stereocenters. The number of alkyl halides is 3. The molecule has 0 bridgehead atoms. The van der Waals surface area contributed by atoms with Crippen LogP contribution in [0.3, 0.4) is 0 Å². The molecule has 0 amide bonds. The van der Waals surface area contributed by atoms with E-state index in [9.17, 15) is 38.2 Å². The second-order valence-electron chi connectivity index (χ2n) is 12.3. The van der Waals surface area contributed by atoms with Gasteiger partial charge in [0.05, 0.1) is 26.0 Å². The van der Waals surface area contributed by atoms with Crippen molar-refractivity contribution < 1.29 is 66.6 Å². The lowest BCUT2D eigenvalue weighted by Gasteiger charge is -2.39. The molecule has 1 fully saturated rings. The van der Waals surface area contributed by atoms with Crippen molar-refractivity contribution in [3.8, 4) is 0 Å². The maximum absolute atomic E-state index is 12.9. The van der Waals surface area contributed by atoms with Crippen LogP contribution in [0.1, 0.15) is 117 Å². The Morgan fingerprint density at radius 1 is 0.735 bits per heavy atom. The third-order valence-corrected chi connectivity index (χ3v) is 10.3. The molecule has 1 aliphatic heterocycles. The summed E-state index contributed by atoms with van der Waals surface area (Å²) in [6.45, 7) is 9.17. The Kier molecular flexibility index (Phi) is 28.2. The molecule has 1 aliphatic rings. The molecule has 0 radical (unpaired) electrons. The zero-order chi connectivity index (χ0) is 37.1. The van der Waals surface area contributed by atoms with Gasteiger partial charge < -0.3 is 49.0 Å². The second-order valence-corrected chi connectivity index (χ2v) is 14.5. The molecule has 0 aliphatic carbocycles. The van der Waals surface area contributed by atoms with Crippen LogP contribution in [0.25, 0.3) is 0 Å². The van der Waals surface area contributed by atoms with Crippen molar-refractivity contribution in [3.05, 3.63) is 0 Å². The Morgan fingerprint density at radius 3 is 1.63 bits per heavy atom. The summed E-state index contributed by atoms with van der Waals surface area (Å²) in [4.78, 5) is 11.3. The van der Waals surface area contributed by atoms with E-state index in [0.29, 0.717) is 26.0 Å². The molecule has 0 unspecified atom stereocenters. The molecule has 1 heterocycles. The van der Waals surface area contributed by atoms with Crippen molar-refractivity contribution in [2.75, 3.05) is 52.2 Å². The van der Waals surface area contributed by atoms with Gasteiger partial charge in [-0.05, 0) is 59.2 Å². The predicted molar refractivity (Wildman–Crippen MR) is 181 cm³/mol. The molecule has 1 saturated heterocycles. The molecule has 16 heteroatoms. The highest BCUT2D eigenvalue weighted by Crippen LogP contribution is 2.48. The van der Waals surface area contributed by atoms with Crippen LogP contribution in [-0.4, -0.2) is 126 Å². The van der Waals surface area contributed by atoms with Crippen LogP contribution in [0, 0.1) is 0 Å². The van der Waals surface area contributed by atoms with E-state index in [0.717, 1.165) is 45.3 Å². The van der Waals surface area contributed by atoms with E-state index in [1.807, 2.05) is 13.8 Å². The lowest BCUT2D eigenvalue weighted by atomic mass is 9.99. The number of rotatable bonds is 28. The van der Waals surface area contributed by atoms with Gasteiger partial charge in [-0.2, -0.15) is 13.2 Å². The first-order valence-corrected chi connectivity index (χ1v) is 19.8. The number of aliphatic hydroxyl groups is 4. The summed E-state index contributed by atoms with van der Waals surface area (Å²) < 4.78 is 66.6. The number of hydrogen-bond donors (Lipinski definition) is 5. The molecule has 49 heavy (non-hydrogen) atoms. The second kappa shape index (κ2) is 28.7. The standard InChI is InChI=1S/C31H64NO9P.C2HF3O2/c1-4-7-8-9-10-11-12-13-14-15-16-17-21-32(23-20-25-42(37,39-5-2)40-6-3)22-18-19-24-38-31-30(36)29(35)28(34)27(26-33)41-31;3-2(4,5)1(6)7/h27-31,33-36H,4-26H2,1-3H3;(H,6,7)/t27-,28-,29+,30-,31-;/m1./s1. The fraction of sp³-hybridized carbons (Fsp3) is 0.970. The summed E-state index contributed by atoms with van der Waals surface area (Å²) >= 11 is 0. The van der Waals surface area contributed by atoms with Crippen molar-refractivity contribution in [3.63, 3.8) is 0 Å². The van der Waals surface area contributed by atoms with Crippen LogP contribution >= 0.6 is 7.60 Å². The maximum atomic E-state index is 12.9. The van der Waals surface area contributed by atoms with Crippen LogP contribution in [0.15, 0.2) is 0 Å². The Hall–Kier alpha value is -0.870. The Balaban J connectivity index is 0.00000295. The van der Waals surface area contributed by atoms with Crippen LogP contribution in [0.4, 0.5) is 13.2 Å². The van der Waals surface area contributed by atoms with E-state index in [1.54, 1.807) is 0 Å². The lowest BCUT2D eigenvalue weighted by Crippen LogP contribution is -2.59. The number of nitrogens with zero attached hydrogens (tertiary/aromatic N) is 1. The van der Waals surface area contributed by atoms with Crippen molar-refractivity contribution in [1.82, 2.24) is 4.90 Å². The average molecular weight is 740 g/mol. The lowest BCUT2D eigenvalue weighted by molar-refractivity contribution is -0.301. The first-order valence-electron chi connectivity index (χ1n) is 18.1. The first kappa shape index (κ1) is 48.1. The van der Waals surface area contributed by atoms with E-state index in [4.69, 9.17) is 28.4 Å². The first-order chi connectivity index (χ1) is 23.3. The van der Waals surface area contributed by atoms with E-state index < -0.39 is 57.1 Å². The van der Waals surface area contributed by atoms with Gasteiger partial charge in [-0.25, -0.2) is 4.79 Å². The fourth-order valence-electron chi connectivity index (χ4n) is 5.40. The largest absolute Gasteiger partial charge is 0.490 e. The highest BCUT2D eigenvalue weighted by atomic mass is 31.2. The van der Waals surface area contributed by atoms with Crippen LogP contribution < -0.4 is 0 Å². The average Bonchev–Trinajstić information content (AvgIpc) is 3.04. The Bertz CT molecular complexity index is 847. The maximum Gasteiger partial charge on any atom is 0.490 e. The quantitative estimate of drug-likeness (QED) is 0.0477. The van der Waals surface area contributed by atoms with E-state index in [1.165, 1.54) is 70.6 Å². The topological polar surface area (TPSA) is 175 Å². The Labute approximate surface area is 291 Å². The minimum absolute atomic E-state index is 0.318. The predicted octanol–water partition coefficient (Wildman–Crippen LogP) is 5.88. The van der Waals surface area contributed by atoms with Gasteiger partial charge in [-0.1, -0.05) is 77.6 Å². The molecule has 0 spiro atoms. The number of aliphatic hydroxyl groups excluding tert-OH is 4. The minimum Gasteiger partial charge on any atom is -0.475 e. The van der Waals surface area contributed by atoms with Gasteiger partial charge in [0.2, 0.25) is 0 Å². The SMILES string of the molecule is CCCCCCCCCCCCCCN(CCCCO[C@@H]1O[C@H](CO)[C@@H](O)[C@H](O)[C@H]1O)CCCP(=O)(OCC)OCC.O=C(O)C(F)(F)F. The summed E-state index contributed by atoms with van der Waals surface area (Å²) in [5.41, 5.74) is 0. The summed E-state index contributed by atoms with van der Waals surface area (Å²) in [6.07, 6.45) is 7.15. The number of carboxylic acid groups (broad SMARTS) is 1. The third kappa shape index (κ3) is 23.3. The number of unbranched alkanes of at least 4 members (excludes halogenated alkanes) is 12. The molecule has 1 rings (SSSR count). The van der Waals surface area contributed by atoms with Gasteiger partial charge in [-0.3, -0.25) is 4.57 Å².